The van der Waals surface area contributed by atoms with Crippen molar-refractivity contribution in [2.45, 2.75) is 18.3 Å². The van der Waals surface area contributed by atoms with Crippen molar-refractivity contribution < 1.29 is 18.9 Å². The molecule has 0 aliphatic heterocycles. The van der Waals surface area contributed by atoms with Crippen LogP contribution in [0.15, 0.2) is 53.1 Å². The molecule has 6 heteroatoms. The maximum absolute atomic E-state index is 11.7. The molecule has 0 fully saturated rings. The van der Waals surface area contributed by atoms with Crippen LogP contribution in [0.5, 0.6) is 0 Å². The Balaban J connectivity index is 2.38. The summed E-state index contributed by atoms with van der Waals surface area (Å²) in [6, 6.07) is 12.6. The quantitative estimate of drug-likeness (QED) is 0.446. The second-order valence-corrected chi connectivity index (χ2v) is 4.93. The number of nitro groups is 1. The molecule has 0 aliphatic rings. The van der Waals surface area contributed by atoms with Gasteiger partial charge in [-0.05, 0) is 17.7 Å². The van der Waals surface area contributed by atoms with Gasteiger partial charge < -0.3 is 9.15 Å². The summed E-state index contributed by atoms with van der Waals surface area (Å²) < 4.78 is 10.1. The molecule has 2 rings (SSSR count). The smallest absolute Gasteiger partial charge is 0.306 e. The van der Waals surface area contributed by atoms with E-state index < -0.39 is 11.9 Å². The highest BCUT2D eigenvalue weighted by molar-refractivity contribution is 5.70. The first-order chi connectivity index (χ1) is 10.6. The number of carbonyl (C=O) groups excluding carboxylic acids is 1. The summed E-state index contributed by atoms with van der Waals surface area (Å²) in [5, 5.41) is 11.0. The van der Waals surface area contributed by atoms with Gasteiger partial charge in [-0.2, -0.15) is 0 Å². The summed E-state index contributed by atoms with van der Waals surface area (Å²) in [4.78, 5) is 22.4. The zero-order chi connectivity index (χ0) is 15.9. The molecule has 2 atom stereocenters. The number of rotatable bonds is 7. The molecule has 0 bridgehead atoms. The summed E-state index contributed by atoms with van der Waals surface area (Å²) in [5.74, 6) is -0.833. The number of hydrogen-bond acceptors (Lipinski definition) is 5. The van der Waals surface area contributed by atoms with Crippen molar-refractivity contribution in [3.63, 3.8) is 0 Å². The Morgan fingerprint density at radius 3 is 2.50 bits per heavy atom. The van der Waals surface area contributed by atoms with Crippen LogP contribution < -0.4 is 0 Å². The molecule has 1 aromatic carbocycles. The Hall–Kier alpha value is -2.63. The normalized spacial score (nSPS) is 13.3. The molecule has 1 aromatic heterocycles. The molecule has 1 heterocycles. The van der Waals surface area contributed by atoms with Gasteiger partial charge in [0.2, 0.25) is 6.54 Å². The average molecular weight is 303 g/mol. The van der Waals surface area contributed by atoms with E-state index in [2.05, 4.69) is 0 Å². The van der Waals surface area contributed by atoms with Gasteiger partial charge in [0.1, 0.15) is 5.76 Å². The Bertz CT molecular complexity index is 609. The Labute approximate surface area is 127 Å². The largest absolute Gasteiger partial charge is 0.469 e. The molecule has 0 spiro atoms. The fraction of sp³-hybridized carbons (Fsp3) is 0.312. The van der Waals surface area contributed by atoms with Gasteiger partial charge in [0, 0.05) is 10.8 Å². The minimum Gasteiger partial charge on any atom is -0.469 e. The van der Waals surface area contributed by atoms with Gasteiger partial charge in [-0.15, -0.1) is 0 Å². The number of furan rings is 1. The second kappa shape index (κ2) is 7.40. The third-order valence-electron chi connectivity index (χ3n) is 3.58. The van der Waals surface area contributed by atoms with Crippen LogP contribution in [0.4, 0.5) is 0 Å². The van der Waals surface area contributed by atoms with Crippen LogP contribution in [0.2, 0.25) is 0 Å². The highest BCUT2D eigenvalue weighted by Gasteiger charge is 2.33. The topological polar surface area (TPSA) is 82.6 Å². The Kier molecular flexibility index (Phi) is 5.30. The molecule has 116 valence electrons. The molecule has 0 saturated carbocycles. The first-order valence-electron chi connectivity index (χ1n) is 6.88. The van der Waals surface area contributed by atoms with E-state index >= 15 is 0 Å². The van der Waals surface area contributed by atoms with Gasteiger partial charge in [-0.25, -0.2) is 0 Å². The lowest BCUT2D eigenvalue weighted by molar-refractivity contribution is -0.484. The van der Waals surface area contributed by atoms with Crippen molar-refractivity contribution in [2.75, 3.05) is 13.7 Å². The predicted molar refractivity (Wildman–Crippen MR) is 79.1 cm³/mol. The molecule has 0 radical (unpaired) electrons. The van der Waals surface area contributed by atoms with Gasteiger partial charge in [0.25, 0.3) is 0 Å². The fourth-order valence-corrected chi connectivity index (χ4v) is 2.53. The molecule has 0 N–H and O–H groups in total. The van der Waals surface area contributed by atoms with Crippen LogP contribution in [-0.4, -0.2) is 24.5 Å². The van der Waals surface area contributed by atoms with E-state index in [4.69, 9.17) is 9.15 Å². The molecular weight excluding hydrogens is 286 g/mol. The van der Waals surface area contributed by atoms with Crippen LogP contribution in [0.1, 0.15) is 29.6 Å². The van der Waals surface area contributed by atoms with E-state index in [9.17, 15) is 14.9 Å². The molecule has 6 nitrogen and oxygen atoms in total. The highest BCUT2D eigenvalue weighted by Crippen LogP contribution is 2.36. The number of benzene rings is 1. The van der Waals surface area contributed by atoms with E-state index in [1.54, 1.807) is 12.1 Å². The predicted octanol–water partition coefficient (Wildman–Crippen LogP) is 2.99. The first kappa shape index (κ1) is 15.8. The molecule has 0 amide bonds. The third-order valence-corrected chi connectivity index (χ3v) is 3.58. The maximum atomic E-state index is 11.7. The van der Waals surface area contributed by atoms with E-state index in [0.29, 0.717) is 5.76 Å². The zero-order valence-electron chi connectivity index (χ0n) is 12.2. The molecule has 0 saturated heterocycles. The second-order valence-electron chi connectivity index (χ2n) is 4.93. The van der Waals surface area contributed by atoms with E-state index in [1.807, 2.05) is 30.3 Å². The summed E-state index contributed by atoms with van der Waals surface area (Å²) in [5.41, 5.74) is 0.844. The van der Waals surface area contributed by atoms with E-state index in [-0.39, 0.29) is 23.8 Å². The number of ether oxygens (including phenoxy) is 1. The van der Waals surface area contributed by atoms with Crippen LogP contribution in [0, 0.1) is 10.1 Å². The van der Waals surface area contributed by atoms with Crippen LogP contribution in [0.25, 0.3) is 0 Å². The monoisotopic (exact) mass is 303 g/mol. The zero-order valence-corrected chi connectivity index (χ0v) is 12.2. The maximum Gasteiger partial charge on any atom is 0.306 e. The average Bonchev–Trinajstić information content (AvgIpc) is 3.05. The van der Waals surface area contributed by atoms with Crippen molar-refractivity contribution in [3.05, 3.63) is 70.2 Å². The van der Waals surface area contributed by atoms with Crippen molar-refractivity contribution in [2.24, 2.45) is 0 Å². The highest BCUT2D eigenvalue weighted by atomic mass is 16.6. The van der Waals surface area contributed by atoms with Crippen molar-refractivity contribution in [1.29, 1.82) is 0 Å². The van der Waals surface area contributed by atoms with Gasteiger partial charge in [-0.3, -0.25) is 14.9 Å². The van der Waals surface area contributed by atoms with Gasteiger partial charge in [0.05, 0.1) is 25.7 Å². The molecule has 22 heavy (non-hydrogen) atoms. The minimum atomic E-state index is -0.536. The van der Waals surface area contributed by atoms with Crippen LogP contribution in [0.3, 0.4) is 0 Å². The lowest BCUT2D eigenvalue weighted by atomic mass is 9.82. The third kappa shape index (κ3) is 3.94. The number of methoxy groups -OCH3 is 1. The van der Waals surface area contributed by atoms with Crippen molar-refractivity contribution in [1.82, 2.24) is 0 Å². The number of nitrogens with zero attached hydrogens (tertiary/aromatic N) is 1. The number of esters is 1. The summed E-state index contributed by atoms with van der Waals surface area (Å²) in [7, 11) is 1.31. The fourth-order valence-electron chi connectivity index (χ4n) is 2.53. The standard InChI is InChI=1S/C16H17NO5/c1-21-16(18)10-13(12-6-3-2-4-7-12)14(11-17(19)20)15-8-5-9-22-15/h2-9,13-14H,10-11H2,1H3/t13-,14+/m0/s1. The minimum absolute atomic E-state index is 0.0553. The van der Waals surface area contributed by atoms with Crippen LogP contribution in [-0.2, 0) is 9.53 Å². The lowest BCUT2D eigenvalue weighted by Gasteiger charge is -2.22. The van der Waals surface area contributed by atoms with E-state index in [0.717, 1.165) is 5.56 Å². The molecular formula is C16H17NO5. The summed E-state index contributed by atoms with van der Waals surface area (Å²) in [6.07, 6.45) is 1.53. The SMILES string of the molecule is COC(=O)C[C@@H](c1ccccc1)[C@@H](C[N+](=O)[O-])c1ccco1. The van der Waals surface area contributed by atoms with Gasteiger partial charge >= 0.3 is 5.97 Å². The van der Waals surface area contributed by atoms with Crippen LogP contribution >= 0.6 is 0 Å². The lowest BCUT2D eigenvalue weighted by Crippen LogP contribution is -2.22. The van der Waals surface area contributed by atoms with Gasteiger partial charge in [-0.1, -0.05) is 30.3 Å². The summed E-state index contributed by atoms with van der Waals surface area (Å²) in [6.45, 7) is -0.315. The van der Waals surface area contributed by atoms with Crippen molar-refractivity contribution in [3.8, 4) is 0 Å². The molecule has 0 aliphatic carbocycles. The summed E-state index contributed by atoms with van der Waals surface area (Å²) >= 11 is 0. The van der Waals surface area contributed by atoms with E-state index in [1.165, 1.54) is 13.4 Å². The number of carbonyl (C=O) groups is 1. The first-order valence-corrected chi connectivity index (χ1v) is 6.88. The van der Waals surface area contributed by atoms with Crippen molar-refractivity contribution >= 4 is 5.97 Å². The molecule has 0 unspecified atom stereocenters. The Morgan fingerprint density at radius 1 is 1.23 bits per heavy atom. The Morgan fingerprint density at radius 2 is 1.95 bits per heavy atom. The van der Waals surface area contributed by atoms with Gasteiger partial charge in [0.15, 0.2) is 0 Å². The number of hydrogen-bond donors (Lipinski definition) is 0. The molecule has 2 aromatic rings.